The molecule has 2 atom stereocenters. The lowest BCUT2D eigenvalue weighted by atomic mass is 9.98. The van der Waals surface area contributed by atoms with E-state index in [4.69, 9.17) is 16.4 Å². The largest absolute Gasteiger partial charge is 0.478 e. The van der Waals surface area contributed by atoms with E-state index in [1.807, 2.05) is 0 Å². The molecule has 0 aliphatic rings. The molecule has 1 rings (SSSR count). The van der Waals surface area contributed by atoms with Crippen LogP contribution < -0.4 is 5.73 Å². The Morgan fingerprint density at radius 2 is 2.16 bits per heavy atom. The number of aromatic carboxylic acids is 1. The minimum absolute atomic E-state index is 0.0211. The second kappa shape index (κ2) is 6.60. The second-order valence-corrected chi connectivity index (χ2v) is 3.87. The number of benzene rings is 1. The fraction of sp³-hybridized carbons (Fsp3) is 0.364. The summed E-state index contributed by atoms with van der Waals surface area (Å²) in [4.78, 5) is 13.4. The zero-order chi connectivity index (χ0) is 14.4. The van der Waals surface area contributed by atoms with E-state index in [-0.39, 0.29) is 29.8 Å². The topological polar surface area (TPSA) is 153 Å². The van der Waals surface area contributed by atoms with Crippen molar-refractivity contribution in [3.63, 3.8) is 0 Å². The number of nitrogens with two attached hydrogens (primary N) is 1. The van der Waals surface area contributed by atoms with Crippen molar-refractivity contribution in [3.05, 3.63) is 39.8 Å². The predicted octanol–water partition coefficient (Wildman–Crippen LogP) is 1.06. The summed E-state index contributed by atoms with van der Waals surface area (Å²) in [6.45, 7) is 0.0211. The van der Waals surface area contributed by atoms with Crippen LogP contribution in [0, 0.1) is 0 Å². The first-order chi connectivity index (χ1) is 8.99. The number of aliphatic hydroxyl groups is 2. The van der Waals surface area contributed by atoms with Gasteiger partial charge in [0, 0.05) is 17.0 Å². The third-order valence-electron chi connectivity index (χ3n) is 2.64. The van der Waals surface area contributed by atoms with Gasteiger partial charge in [-0.15, -0.1) is 0 Å². The Morgan fingerprint density at radius 1 is 1.47 bits per heavy atom. The van der Waals surface area contributed by atoms with E-state index in [1.165, 1.54) is 18.2 Å². The lowest BCUT2D eigenvalue weighted by molar-refractivity contribution is 0.0154. The maximum atomic E-state index is 10.9. The fourth-order valence-corrected chi connectivity index (χ4v) is 1.63. The van der Waals surface area contributed by atoms with E-state index in [0.29, 0.717) is 0 Å². The van der Waals surface area contributed by atoms with Gasteiger partial charge in [-0.05, 0) is 18.0 Å². The molecule has 5 N–H and O–H groups in total. The molecule has 8 heteroatoms. The Morgan fingerprint density at radius 3 is 2.74 bits per heavy atom. The number of para-hydroxylation sites is 1. The van der Waals surface area contributed by atoms with Crippen molar-refractivity contribution in [2.75, 3.05) is 12.3 Å². The summed E-state index contributed by atoms with van der Waals surface area (Å²) in [6, 6.07) is 4.17. The van der Waals surface area contributed by atoms with Crippen molar-refractivity contribution in [3.8, 4) is 0 Å². The van der Waals surface area contributed by atoms with Gasteiger partial charge in [0.1, 0.15) is 6.10 Å². The highest BCUT2D eigenvalue weighted by Crippen LogP contribution is 2.27. The molecule has 102 valence electrons. The highest BCUT2D eigenvalue weighted by molar-refractivity contribution is 5.94. The van der Waals surface area contributed by atoms with Crippen LogP contribution in [0.2, 0.25) is 0 Å². The number of nitrogens with zero attached hydrogens (tertiary/aromatic N) is 3. The minimum Gasteiger partial charge on any atom is -0.478 e. The van der Waals surface area contributed by atoms with Gasteiger partial charge in [0.15, 0.2) is 0 Å². The van der Waals surface area contributed by atoms with Crippen molar-refractivity contribution in [1.29, 1.82) is 0 Å². The molecular formula is C11H14N4O4. The van der Waals surface area contributed by atoms with E-state index < -0.39 is 18.2 Å². The zero-order valence-corrected chi connectivity index (χ0v) is 9.97. The molecule has 0 saturated carbocycles. The van der Waals surface area contributed by atoms with Crippen LogP contribution in [0.4, 0.5) is 5.69 Å². The molecule has 0 fully saturated rings. The number of aliphatic hydroxyl groups excluding tert-OH is 2. The van der Waals surface area contributed by atoms with Gasteiger partial charge in [-0.1, -0.05) is 17.2 Å². The summed E-state index contributed by atoms with van der Waals surface area (Å²) in [5.41, 5.74) is 13.6. The first-order valence-corrected chi connectivity index (χ1v) is 5.47. The quantitative estimate of drug-likeness (QED) is 0.262. The lowest BCUT2D eigenvalue weighted by Gasteiger charge is -2.19. The number of carboxylic acids is 1. The van der Waals surface area contributed by atoms with Gasteiger partial charge < -0.3 is 21.1 Å². The van der Waals surface area contributed by atoms with E-state index in [1.54, 1.807) is 0 Å². The lowest BCUT2D eigenvalue weighted by Crippen LogP contribution is -2.21. The molecule has 0 amide bonds. The van der Waals surface area contributed by atoms with Crippen molar-refractivity contribution >= 4 is 11.7 Å². The molecule has 8 nitrogen and oxygen atoms in total. The molecule has 0 radical (unpaired) electrons. The van der Waals surface area contributed by atoms with Crippen molar-refractivity contribution in [2.45, 2.75) is 18.6 Å². The van der Waals surface area contributed by atoms with Gasteiger partial charge in [0.2, 0.25) is 0 Å². The van der Waals surface area contributed by atoms with Crippen LogP contribution in [0.3, 0.4) is 0 Å². The monoisotopic (exact) mass is 266 g/mol. The number of carboxylic acid groups (broad SMARTS) is 1. The summed E-state index contributed by atoms with van der Waals surface area (Å²) in [5, 5.41) is 31.8. The molecule has 0 saturated heterocycles. The van der Waals surface area contributed by atoms with Crippen LogP contribution in [-0.2, 0) is 0 Å². The first kappa shape index (κ1) is 14.8. The smallest absolute Gasteiger partial charge is 0.337 e. The highest BCUT2D eigenvalue weighted by atomic mass is 16.4. The van der Waals surface area contributed by atoms with E-state index in [9.17, 15) is 15.0 Å². The summed E-state index contributed by atoms with van der Waals surface area (Å²) in [7, 11) is 0. The number of anilines is 1. The average Bonchev–Trinajstić information content (AvgIpc) is 2.38. The zero-order valence-electron chi connectivity index (χ0n) is 9.97. The van der Waals surface area contributed by atoms with Crippen LogP contribution >= 0.6 is 0 Å². The van der Waals surface area contributed by atoms with Gasteiger partial charge in [0.05, 0.1) is 17.4 Å². The van der Waals surface area contributed by atoms with Gasteiger partial charge in [0.25, 0.3) is 0 Å². The number of hydrogen-bond donors (Lipinski definition) is 4. The van der Waals surface area contributed by atoms with E-state index in [2.05, 4.69) is 10.0 Å². The Bertz CT molecular complexity index is 513. The number of nitrogen functional groups attached to an aromatic ring is 1. The third-order valence-corrected chi connectivity index (χ3v) is 2.64. The number of carbonyl (C=O) groups is 1. The number of azide groups is 1. The molecule has 19 heavy (non-hydrogen) atoms. The van der Waals surface area contributed by atoms with Crippen LogP contribution in [0.15, 0.2) is 23.3 Å². The van der Waals surface area contributed by atoms with E-state index in [0.717, 1.165) is 0 Å². The second-order valence-electron chi connectivity index (χ2n) is 3.87. The third kappa shape index (κ3) is 3.59. The van der Waals surface area contributed by atoms with E-state index >= 15 is 0 Å². The molecule has 0 spiro atoms. The summed E-state index contributed by atoms with van der Waals surface area (Å²) in [5.74, 6) is -1.21. The first-order valence-electron chi connectivity index (χ1n) is 5.47. The fourth-order valence-electron chi connectivity index (χ4n) is 1.63. The molecule has 0 bridgehead atoms. The SMILES string of the molecule is [N-]=[N+]=NCCC(O)C(O)c1cccc(C(=O)O)c1N. The normalized spacial score (nSPS) is 13.4. The predicted molar refractivity (Wildman–Crippen MR) is 67.4 cm³/mol. The minimum atomic E-state index is -1.34. The summed E-state index contributed by atoms with van der Waals surface area (Å²) >= 11 is 0. The molecule has 0 aromatic heterocycles. The van der Waals surface area contributed by atoms with Crippen molar-refractivity contribution in [1.82, 2.24) is 0 Å². The Balaban J connectivity index is 2.93. The van der Waals surface area contributed by atoms with Crippen LogP contribution in [0.25, 0.3) is 10.4 Å². The molecule has 0 aliphatic carbocycles. The van der Waals surface area contributed by atoms with Gasteiger partial charge in [-0.3, -0.25) is 0 Å². The number of hydrogen-bond acceptors (Lipinski definition) is 5. The summed E-state index contributed by atoms with van der Waals surface area (Å²) in [6.07, 6.45) is -2.49. The number of rotatable bonds is 6. The Labute approximate surface area is 108 Å². The van der Waals surface area contributed by atoms with Crippen LogP contribution in [0.5, 0.6) is 0 Å². The molecular weight excluding hydrogens is 252 g/mol. The van der Waals surface area contributed by atoms with Crippen LogP contribution in [-0.4, -0.2) is 33.9 Å². The van der Waals surface area contributed by atoms with Crippen LogP contribution in [0.1, 0.15) is 28.4 Å². The van der Waals surface area contributed by atoms with Gasteiger partial charge >= 0.3 is 5.97 Å². The maximum absolute atomic E-state index is 10.9. The van der Waals surface area contributed by atoms with Crippen molar-refractivity contribution < 1.29 is 20.1 Å². The van der Waals surface area contributed by atoms with Crippen molar-refractivity contribution in [2.24, 2.45) is 5.11 Å². The molecule has 0 aliphatic heterocycles. The standard InChI is InChI=1S/C11H14N4O4/c12-9-6(2-1-3-7(9)11(18)19)10(17)8(16)4-5-14-15-13/h1-3,8,10,16-17H,4-5,12H2,(H,18,19). The Hall–Kier alpha value is -2.28. The summed E-state index contributed by atoms with van der Waals surface area (Å²) < 4.78 is 0. The van der Waals surface area contributed by atoms with Gasteiger partial charge in [-0.25, -0.2) is 4.79 Å². The average molecular weight is 266 g/mol. The molecule has 1 aromatic rings. The maximum Gasteiger partial charge on any atom is 0.337 e. The van der Waals surface area contributed by atoms with Gasteiger partial charge in [-0.2, -0.15) is 0 Å². The highest BCUT2D eigenvalue weighted by Gasteiger charge is 2.22. The Kier molecular flexibility index (Phi) is 5.13. The molecule has 2 unspecified atom stereocenters. The molecule has 1 aromatic carbocycles. The molecule has 0 heterocycles.